The number of benzene rings is 3. The van der Waals surface area contributed by atoms with Gasteiger partial charge in [0.2, 0.25) is 3.79 Å². The summed E-state index contributed by atoms with van der Waals surface area (Å²) in [4.78, 5) is 66.9. The van der Waals surface area contributed by atoms with E-state index in [9.17, 15) is 19.2 Å². The van der Waals surface area contributed by atoms with E-state index >= 15 is 0 Å². The molecule has 0 fully saturated rings. The van der Waals surface area contributed by atoms with Gasteiger partial charge in [-0.3, -0.25) is 19.2 Å². The van der Waals surface area contributed by atoms with Gasteiger partial charge in [0.15, 0.2) is 0 Å². The summed E-state index contributed by atoms with van der Waals surface area (Å²) >= 11 is 3.59. The minimum atomic E-state index is -0.108. The van der Waals surface area contributed by atoms with Gasteiger partial charge in [0.25, 0.3) is 15.7 Å². The summed E-state index contributed by atoms with van der Waals surface area (Å²) in [5.74, 6) is -0.213. The fourth-order valence-corrected chi connectivity index (χ4v) is 8.36. The van der Waals surface area contributed by atoms with Crippen molar-refractivity contribution in [2.45, 2.75) is 19.3 Å². The standard InChI is InChI=1S/C34H24I2N6O4/c35-31(43)25-13-19-16-7-10-40(28(16)4-1-22(19)37-25)32(44)26-14-20-17-8-11-41(29(17)5-2-23(20)38-26)33(45)27-15-21-18-9-12-42(34(36)46)30(18)6-3-24(21)39-27/h1-6,13-15,37-39H,7-12H2. The van der Waals surface area contributed by atoms with Crippen LogP contribution in [0.3, 0.4) is 0 Å². The molecule has 6 aromatic rings. The number of amides is 3. The van der Waals surface area contributed by atoms with E-state index in [1.54, 1.807) is 32.4 Å². The number of nitrogens with zero attached hydrogens (tertiary/aromatic N) is 3. The van der Waals surface area contributed by atoms with Crippen LogP contribution in [0.2, 0.25) is 0 Å². The van der Waals surface area contributed by atoms with E-state index in [1.165, 1.54) is 0 Å². The van der Waals surface area contributed by atoms with Crippen LogP contribution in [-0.2, 0) is 19.3 Å². The highest BCUT2D eigenvalue weighted by Crippen LogP contribution is 2.40. The fraction of sp³-hybridized carbons (Fsp3) is 0.176. The Morgan fingerprint density at radius 1 is 0.522 bits per heavy atom. The van der Waals surface area contributed by atoms with Crippen LogP contribution >= 0.6 is 45.2 Å². The van der Waals surface area contributed by atoms with E-state index < -0.39 is 0 Å². The first kappa shape index (κ1) is 28.1. The number of H-pyrrole nitrogens is 3. The number of nitrogens with one attached hydrogen (secondary N) is 3. The van der Waals surface area contributed by atoms with Gasteiger partial charge in [-0.2, -0.15) is 0 Å². The van der Waals surface area contributed by atoms with Gasteiger partial charge in [-0.05, 0) is 90.6 Å². The van der Waals surface area contributed by atoms with Gasteiger partial charge in [-0.25, -0.2) is 0 Å². The topological polar surface area (TPSA) is 125 Å². The van der Waals surface area contributed by atoms with E-state index in [4.69, 9.17) is 0 Å². The molecule has 0 unspecified atom stereocenters. The molecular formula is C34H24I2N6O4. The average Bonchev–Trinajstić information content (AvgIpc) is 3.88. The molecule has 0 radical (unpaired) electrons. The van der Waals surface area contributed by atoms with E-state index in [2.05, 4.69) is 15.0 Å². The number of halogens is 2. The van der Waals surface area contributed by atoms with Crippen molar-refractivity contribution < 1.29 is 19.2 Å². The second-order valence-corrected chi connectivity index (χ2v) is 13.9. The van der Waals surface area contributed by atoms with Crippen LogP contribution in [0, 0.1) is 0 Å². The molecule has 0 saturated carbocycles. The number of carbonyl (C=O) groups is 4. The molecule has 3 aliphatic rings. The molecule has 9 rings (SSSR count). The van der Waals surface area contributed by atoms with E-state index in [0.29, 0.717) is 49.6 Å². The van der Waals surface area contributed by atoms with Crippen LogP contribution in [0.25, 0.3) is 32.7 Å². The lowest BCUT2D eigenvalue weighted by molar-refractivity contribution is 0.0978. The summed E-state index contributed by atoms with van der Waals surface area (Å²) in [6, 6.07) is 17.4. The van der Waals surface area contributed by atoms with E-state index in [0.717, 1.165) is 72.9 Å². The highest BCUT2D eigenvalue weighted by Gasteiger charge is 2.32. The molecule has 3 N–H and O–H groups in total. The first-order valence-corrected chi connectivity index (χ1v) is 17.2. The quantitative estimate of drug-likeness (QED) is 0.101. The van der Waals surface area contributed by atoms with Crippen molar-refractivity contribution in [3.05, 3.63) is 88.4 Å². The molecule has 0 bridgehead atoms. The Hall–Kier alpha value is -4.18. The summed E-state index contributed by atoms with van der Waals surface area (Å²) < 4.78 is -0.0599. The normalized spacial score (nSPS) is 15.3. The SMILES string of the molecule is O=C(I)c1cc2c3c(ccc2[nH]1)N(C(=O)c1cc2c4c(ccc2[nH]1)N(C(=O)c1cc2c5c(ccc2[nH]1)N(C(=O)I)CC5)CC4)CC3. The van der Waals surface area contributed by atoms with Crippen molar-refractivity contribution in [3.63, 3.8) is 0 Å². The number of aromatic amines is 3. The second-order valence-electron chi connectivity index (χ2n) is 12.0. The number of hydrogen-bond donors (Lipinski definition) is 3. The zero-order chi connectivity index (χ0) is 31.4. The summed E-state index contributed by atoms with van der Waals surface area (Å²) in [6.07, 6.45) is 2.15. The Morgan fingerprint density at radius 3 is 1.30 bits per heavy atom. The van der Waals surface area contributed by atoms with Crippen molar-refractivity contribution in [2.75, 3.05) is 34.3 Å². The predicted molar refractivity (Wildman–Crippen MR) is 194 cm³/mol. The van der Waals surface area contributed by atoms with Crippen LogP contribution in [0.5, 0.6) is 0 Å². The van der Waals surface area contributed by atoms with E-state index in [-0.39, 0.29) is 19.5 Å². The van der Waals surface area contributed by atoms with Gasteiger partial charge in [-0.15, -0.1) is 0 Å². The van der Waals surface area contributed by atoms with Crippen molar-refractivity contribution in [1.29, 1.82) is 0 Å². The molecule has 3 aromatic carbocycles. The second kappa shape index (κ2) is 10.2. The van der Waals surface area contributed by atoms with Gasteiger partial charge in [0.05, 0.1) is 5.69 Å². The molecule has 3 amide bonds. The third-order valence-corrected chi connectivity index (χ3v) is 10.8. The third-order valence-electron chi connectivity index (χ3n) is 9.67. The fourth-order valence-electron chi connectivity index (χ4n) is 7.57. The largest absolute Gasteiger partial charge is 0.351 e. The first-order chi connectivity index (χ1) is 22.3. The van der Waals surface area contributed by atoms with Crippen LogP contribution in [0.1, 0.15) is 48.2 Å². The summed E-state index contributed by atoms with van der Waals surface area (Å²) in [6.45, 7) is 1.74. The van der Waals surface area contributed by atoms with Gasteiger partial charge >= 0.3 is 0 Å². The summed E-state index contributed by atoms with van der Waals surface area (Å²) in [5, 5.41) is 2.90. The Morgan fingerprint density at radius 2 is 0.891 bits per heavy atom. The summed E-state index contributed by atoms with van der Waals surface area (Å²) in [7, 11) is 0. The van der Waals surface area contributed by atoms with Crippen molar-refractivity contribution in [3.8, 4) is 0 Å². The van der Waals surface area contributed by atoms with Gasteiger partial charge < -0.3 is 29.7 Å². The van der Waals surface area contributed by atoms with Crippen molar-refractivity contribution in [2.24, 2.45) is 0 Å². The van der Waals surface area contributed by atoms with Crippen LogP contribution in [0.15, 0.2) is 54.6 Å². The highest BCUT2D eigenvalue weighted by molar-refractivity contribution is 14.1. The molecule has 0 spiro atoms. The van der Waals surface area contributed by atoms with Gasteiger partial charge in [0, 0.05) is 115 Å². The minimum absolute atomic E-state index is 0.00970. The monoisotopic (exact) mass is 834 g/mol. The lowest BCUT2D eigenvalue weighted by Crippen LogP contribution is -2.29. The number of aromatic nitrogens is 3. The molecular weight excluding hydrogens is 810 g/mol. The molecule has 228 valence electrons. The molecule has 0 aliphatic carbocycles. The Labute approximate surface area is 288 Å². The molecule has 6 heterocycles. The van der Waals surface area contributed by atoms with Gasteiger partial charge in [0.1, 0.15) is 11.4 Å². The van der Waals surface area contributed by atoms with E-state index in [1.807, 2.05) is 82.1 Å². The molecule has 10 nitrogen and oxygen atoms in total. The number of anilines is 3. The maximum absolute atomic E-state index is 13.9. The Bertz CT molecular complexity index is 2370. The zero-order valence-corrected chi connectivity index (χ0v) is 28.5. The van der Waals surface area contributed by atoms with Crippen molar-refractivity contribution in [1.82, 2.24) is 15.0 Å². The van der Waals surface area contributed by atoms with Crippen LogP contribution < -0.4 is 14.7 Å². The Kier molecular flexibility index (Phi) is 6.20. The highest BCUT2D eigenvalue weighted by atomic mass is 127. The average molecular weight is 834 g/mol. The smallest absolute Gasteiger partial charge is 0.287 e. The molecule has 3 aliphatic heterocycles. The zero-order valence-electron chi connectivity index (χ0n) is 24.2. The maximum Gasteiger partial charge on any atom is 0.287 e. The van der Waals surface area contributed by atoms with Crippen LogP contribution in [0.4, 0.5) is 21.9 Å². The number of fused-ring (bicyclic) bond motifs is 9. The predicted octanol–water partition coefficient (Wildman–Crippen LogP) is 7.03. The molecule has 12 heteroatoms. The first-order valence-electron chi connectivity index (χ1n) is 15.0. The van der Waals surface area contributed by atoms with Crippen molar-refractivity contribution >= 4 is 114 Å². The maximum atomic E-state index is 13.9. The minimum Gasteiger partial charge on any atom is -0.351 e. The lowest BCUT2D eigenvalue weighted by Gasteiger charge is -2.16. The molecule has 3 aromatic heterocycles. The third kappa shape index (κ3) is 4.04. The molecule has 0 saturated heterocycles. The van der Waals surface area contributed by atoms with Gasteiger partial charge in [-0.1, -0.05) is 0 Å². The number of hydrogen-bond acceptors (Lipinski definition) is 4. The lowest BCUT2D eigenvalue weighted by atomic mass is 10.1. The number of rotatable bonds is 3. The molecule has 0 atom stereocenters. The molecule has 46 heavy (non-hydrogen) atoms. The Balaban J connectivity index is 1.02. The summed E-state index contributed by atoms with van der Waals surface area (Å²) in [5.41, 5.74) is 10.0. The number of carbonyl (C=O) groups excluding carboxylic acids is 4. The van der Waals surface area contributed by atoms with Crippen LogP contribution in [-0.4, -0.2) is 54.1 Å².